The van der Waals surface area contributed by atoms with E-state index in [1.54, 1.807) is 34.8 Å². The van der Waals surface area contributed by atoms with Gasteiger partial charge in [-0.1, -0.05) is 29.3 Å². The van der Waals surface area contributed by atoms with Gasteiger partial charge in [-0.15, -0.1) is 0 Å². The summed E-state index contributed by atoms with van der Waals surface area (Å²) in [7, 11) is 1.74. The Morgan fingerprint density at radius 3 is 2.72 bits per heavy atom. The highest BCUT2D eigenvalue weighted by atomic mass is 35.5. The number of halogens is 3. The van der Waals surface area contributed by atoms with Crippen molar-refractivity contribution >= 4 is 35.2 Å². The second-order valence-electron chi connectivity index (χ2n) is 6.14. The first-order valence-corrected chi connectivity index (χ1v) is 8.74. The summed E-state index contributed by atoms with van der Waals surface area (Å²) in [5.74, 6) is -0.595. The van der Waals surface area contributed by atoms with Crippen LogP contribution in [0.1, 0.15) is 29.7 Å². The average Bonchev–Trinajstić information content (AvgIpc) is 3.35. The molecule has 0 radical (unpaired) electrons. The molecule has 25 heavy (non-hydrogen) atoms. The second kappa shape index (κ2) is 7.18. The average molecular weight is 382 g/mol. The molecule has 0 unspecified atom stereocenters. The van der Waals surface area contributed by atoms with E-state index in [9.17, 15) is 9.18 Å². The minimum Gasteiger partial charge on any atom is -0.332 e. The number of hydrogen-bond donors (Lipinski definition) is 0. The molecule has 0 bridgehead atoms. The number of amides is 1. The molecule has 1 fully saturated rings. The number of hydrogen-bond acceptors (Lipinski definition) is 2. The molecule has 1 amide bonds. The summed E-state index contributed by atoms with van der Waals surface area (Å²) in [5, 5.41) is 5.01. The summed E-state index contributed by atoms with van der Waals surface area (Å²) in [4.78, 5) is 14.3. The van der Waals surface area contributed by atoms with Crippen LogP contribution in [0.15, 0.2) is 24.3 Å². The number of aryl methyl sites for hydroxylation is 2. The van der Waals surface area contributed by atoms with Crippen molar-refractivity contribution in [2.24, 2.45) is 7.05 Å². The Labute approximate surface area is 155 Å². The maximum Gasteiger partial charge on any atom is 0.247 e. The number of benzene rings is 1. The lowest BCUT2D eigenvalue weighted by atomic mass is 10.2. The number of nitrogens with zero attached hydrogens (tertiary/aromatic N) is 3. The maximum absolute atomic E-state index is 14.0. The fourth-order valence-electron chi connectivity index (χ4n) is 2.71. The van der Waals surface area contributed by atoms with Crippen LogP contribution in [0, 0.1) is 12.7 Å². The third kappa shape index (κ3) is 3.88. The van der Waals surface area contributed by atoms with E-state index in [4.69, 9.17) is 23.2 Å². The van der Waals surface area contributed by atoms with E-state index in [2.05, 4.69) is 5.10 Å². The van der Waals surface area contributed by atoms with Gasteiger partial charge in [0.05, 0.1) is 12.2 Å². The highest BCUT2D eigenvalue weighted by Crippen LogP contribution is 2.31. The van der Waals surface area contributed by atoms with E-state index in [-0.39, 0.29) is 18.5 Å². The molecule has 1 aliphatic rings. The second-order valence-corrected chi connectivity index (χ2v) is 6.91. The standard InChI is InChI=1S/C18H18Cl2FN3O/c1-11-13(18(20)23(2)22-11)8-9-17(25)24(12-6-7-12)10-14-15(19)4-3-5-16(14)21/h3-5,8-9,12H,6-7,10H2,1-2H3/b9-8+. The third-order valence-electron chi connectivity index (χ3n) is 4.25. The Hall–Kier alpha value is -1.85. The first-order chi connectivity index (χ1) is 11.9. The van der Waals surface area contributed by atoms with Gasteiger partial charge in [0.1, 0.15) is 11.0 Å². The van der Waals surface area contributed by atoms with Crippen LogP contribution in [0.25, 0.3) is 6.08 Å². The lowest BCUT2D eigenvalue weighted by molar-refractivity contribution is -0.127. The van der Waals surface area contributed by atoms with Crippen molar-refractivity contribution in [2.45, 2.75) is 32.4 Å². The lowest BCUT2D eigenvalue weighted by Crippen LogP contribution is -2.31. The fraction of sp³-hybridized carbons (Fsp3) is 0.333. The molecule has 1 aromatic carbocycles. The zero-order chi connectivity index (χ0) is 18.1. The first-order valence-electron chi connectivity index (χ1n) is 7.99. The van der Waals surface area contributed by atoms with Gasteiger partial charge in [0.25, 0.3) is 0 Å². The molecule has 132 valence electrons. The number of carbonyl (C=O) groups is 1. The molecule has 1 saturated carbocycles. The molecular weight excluding hydrogens is 364 g/mol. The fourth-order valence-corrected chi connectivity index (χ4v) is 3.17. The van der Waals surface area contributed by atoms with Crippen LogP contribution < -0.4 is 0 Å². The van der Waals surface area contributed by atoms with Gasteiger partial charge in [-0.3, -0.25) is 9.48 Å². The van der Waals surface area contributed by atoms with Gasteiger partial charge < -0.3 is 4.90 Å². The number of carbonyl (C=O) groups excluding carboxylic acids is 1. The van der Waals surface area contributed by atoms with Crippen molar-refractivity contribution in [1.29, 1.82) is 0 Å². The van der Waals surface area contributed by atoms with Crippen molar-refractivity contribution in [3.05, 3.63) is 57.1 Å². The summed E-state index contributed by atoms with van der Waals surface area (Å²) >= 11 is 12.3. The van der Waals surface area contributed by atoms with Gasteiger partial charge in [0, 0.05) is 35.3 Å². The molecular formula is C18H18Cl2FN3O. The van der Waals surface area contributed by atoms with Crippen LogP contribution >= 0.6 is 23.2 Å². The largest absolute Gasteiger partial charge is 0.332 e. The monoisotopic (exact) mass is 381 g/mol. The summed E-state index contributed by atoms with van der Waals surface area (Å²) in [6.45, 7) is 1.98. The highest BCUT2D eigenvalue weighted by Gasteiger charge is 2.32. The summed E-state index contributed by atoms with van der Waals surface area (Å²) < 4.78 is 15.6. The van der Waals surface area contributed by atoms with Crippen LogP contribution in [0.2, 0.25) is 10.2 Å². The number of aromatic nitrogens is 2. The minimum atomic E-state index is -0.402. The van der Waals surface area contributed by atoms with E-state index in [0.717, 1.165) is 18.5 Å². The predicted molar refractivity (Wildman–Crippen MR) is 97.0 cm³/mol. The van der Waals surface area contributed by atoms with E-state index in [0.29, 0.717) is 21.3 Å². The minimum absolute atomic E-state index is 0.123. The topological polar surface area (TPSA) is 38.1 Å². The van der Waals surface area contributed by atoms with E-state index in [1.807, 2.05) is 6.92 Å². The molecule has 0 N–H and O–H groups in total. The molecule has 3 rings (SSSR count). The van der Waals surface area contributed by atoms with Crippen molar-refractivity contribution in [3.63, 3.8) is 0 Å². The molecule has 4 nitrogen and oxygen atoms in total. The van der Waals surface area contributed by atoms with Gasteiger partial charge >= 0.3 is 0 Å². The van der Waals surface area contributed by atoms with Crippen LogP contribution in [0.4, 0.5) is 4.39 Å². The van der Waals surface area contributed by atoms with Gasteiger partial charge in [-0.2, -0.15) is 5.10 Å². The molecule has 1 heterocycles. The molecule has 0 atom stereocenters. The van der Waals surface area contributed by atoms with Crippen molar-refractivity contribution in [2.75, 3.05) is 0 Å². The molecule has 0 saturated heterocycles. The van der Waals surface area contributed by atoms with E-state index >= 15 is 0 Å². The van der Waals surface area contributed by atoms with Crippen molar-refractivity contribution in [1.82, 2.24) is 14.7 Å². The molecule has 0 aliphatic heterocycles. The SMILES string of the molecule is Cc1nn(C)c(Cl)c1/C=C/C(=O)N(Cc1c(F)cccc1Cl)C1CC1. The Morgan fingerprint density at radius 1 is 1.44 bits per heavy atom. The Balaban J connectivity index is 1.81. The summed E-state index contributed by atoms with van der Waals surface area (Å²) in [6.07, 6.45) is 4.95. The quantitative estimate of drug-likeness (QED) is 0.720. The molecule has 1 aliphatic carbocycles. The zero-order valence-electron chi connectivity index (χ0n) is 14.0. The van der Waals surface area contributed by atoms with Crippen LogP contribution in [0.5, 0.6) is 0 Å². The number of rotatable bonds is 5. The van der Waals surface area contributed by atoms with Crippen LogP contribution in [0.3, 0.4) is 0 Å². The van der Waals surface area contributed by atoms with Crippen LogP contribution in [-0.4, -0.2) is 26.6 Å². The van der Waals surface area contributed by atoms with Crippen molar-refractivity contribution in [3.8, 4) is 0 Å². The normalized spacial score (nSPS) is 14.3. The Bertz CT molecular complexity index is 823. The molecule has 0 spiro atoms. The molecule has 2 aromatic rings. The zero-order valence-corrected chi connectivity index (χ0v) is 15.5. The molecule has 1 aromatic heterocycles. The maximum atomic E-state index is 14.0. The van der Waals surface area contributed by atoms with Gasteiger partial charge in [-0.05, 0) is 38.0 Å². The van der Waals surface area contributed by atoms with Crippen molar-refractivity contribution < 1.29 is 9.18 Å². The molecule has 7 heteroatoms. The van der Waals surface area contributed by atoms with Crippen LogP contribution in [-0.2, 0) is 18.4 Å². The smallest absolute Gasteiger partial charge is 0.247 e. The summed E-state index contributed by atoms with van der Waals surface area (Å²) in [6, 6.07) is 4.66. The van der Waals surface area contributed by atoms with E-state index < -0.39 is 5.82 Å². The lowest BCUT2D eigenvalue weighted by Gasteiger charge is -2.22. The predicted octanol–water partition coefficient (Wildman–Crippen LogP) is 4.38. The van der Waals surface area contributed by atoms with Gasteiger partial charge in [0.2, 0.25) is 5.91 Å². The third-order valence-corrected chi connectivity index (χ3v) is 5.05. The Morgan fingerprint density at radius 2 is 2.16 bits per heavy atom. The van der Waals surface area contributed by atoms with Gasteiger partial charge in [0.15, 0.2) is 0 Å². The first kappa shape index (κ1) is 18.0. The van der Waals surface area contributed by atoms with Gasteiger partial charge in [-0.25, -0.2) is 4.39 Å². The highest BCUT2D eigenvalue weighted by molar-refractivity contribution is 6.31. The summed E-state index contributed by atoms with van der Waals surface area (Å²) in [5.41, 5.74) is 1.79. The Kier molecular flexibility index (Phi) is 5.16. The van der Waals surface area contributed by atoms with E-state index in [1.165, 1.54) is 12.1 Å².